The molecule has 1 atom stereocenters. The number of para-hydroxylation sites is 2. The predicted octanol–water partition coefficient (Wildman–Crippen LogP) is 3.79. The number of hydrogen-bond donors (Lipinski definition) is 1. The fourth-order valence-electron chi connectivity index (χ4n) is 3.64. The van der Waals surface area contributed by atoms with E-state index in [4.69, 9.17) is 9.47 Å². The molecule has 1 N–H and O–H groups in total. The fourth-order valence-corrected chi connectivity index (χ4v) is 4.34. The maximum Gasteiger partial charge on any atom is 0.378 e. The van der Waals surface area contributed by atoms with Gasteiger partial charge in [-0.3, -0.25) is 4.79 Å². The average molecular weight is 461 g/mol. The number of esters is 1. The first kappa shape index (κ1) is 20.9. The van der Waals surface area contributed by atoms with Crippen molar-refractivity contribution in [2.45, 2.75) is 12.5 Å². The van der Waals surface area contributed by atoms with E-state index < -0.39 is 18.5 Å². The Morgan fingerprint density at radius 2 is 1.91 bits per heavy atom. The zero-order chi connectivity index (χ0) is 22.6. The minimum Gasteiger partial charge on any atom is -0.493 e. The second-order valence-electron chi connectivity index (χ2n) is 7.35. The Morgan fingerprint density at radius 1 is 1.09 bits per heavy atom. The van der Waals surface area contributed by atoms with E-state index >= 15 is 0 Å². The van der Waals surface area contributed by atoms with E-state index in [0.717, 1.165) is 21.9 Å². The summed E-state index contributed by atoms with van der Waals surface area (Å²) >= 11 is 1.49. The van der Waals surface area contributed by atoms with Crippen LogP contribution in [0.15, 0.2) is 72.1 Å². The molecule has 0 radical (unpaired) electrons. The summed E-state index contributed by atoms with van der Waals surface area (Å²) in [6.45, 7) is 0.0840. The summed E-state index contributed by atoms with van der Waals surface area (Å²) in [5.41, 5.74) is 1.68. The summed E-state index contributed by atoms with van der Waals surface area (Å²) in [6.07, 6.45) is 0.643. The summed E-state index contributed by atoms with van der Waals surface area (Å²) in [4.78, 5) is 30.4. The van der Waals surface area contributed by atoms with E-state index in [2.05, 4.69) is 15.4 Å². The molecule has 2 aromatic carbocycles. The van der Waals surface area contributed by atoms with E-state index in [0.29, 0.717) is 18.9 Å². The molecule has 1 aliphatic rings. The van der Waals surface area contributed by atoms with Gasteiger partial charge < -0.3 is 14.8 Å². The van der Waals surface area contributed by atoms with Gasteiger partial charge in [-0.1, -0.05) is 42.5 Å². The molecular formula is C24H20N4O4S. The zero-order valence-corrected chi connectivity index (χ0v) is 18.3. The molecule has 0 fully saturated rings. The van der Waals surface area contributed by atoms with Crippen molar-refractivity contribution in [2.75, 3.05) is 13.2 Å². The molecule has 0 aliphatic carbocycles. The molecule has 0 saturated carbocycles. The number of benzene rings is 2. The van der Waals surface area contributed by atoms with Crippen LogP contribution < -0.4 is 10.1 Å². The Bertz CT molecular complexity index is 1270. The first-order valence-electron chi connectivity index (χ1n) is 10.4. The maximum atomic E-state index is 12.6. The highest BCUT2D eigenvalue weighted by atomic mass is 32.1. The fraction of sp³-hybridized carbons (Fsp3) is 0.167. The quantitative estimate of drug-likeness (QED) is 0.440. The third kappa shape index (κ3) is 4.49. The molecule has 3 heterocycles. The van der Waals surface area contributed by atoms with Crippen molar-refractivity contribution in [3.8, 4) is 22.1 Å². The van der Waals surface area contributed by atoms with Gasteiger partial charge in [0.2, 0.25) is 0 Å². The van der Waals surface area contributed by atoms with Crippen LogP contribution in [0.3, 0.4) is 0 Å². The molecule has 1 amide bonds. The number of hydrogen-bond acceptors (Lipinski definition) is 7. The predicted molar refractivity (Wildman–Crippen MR) is 122 cm³/mol. The molecule has 0 bridgehead atoms. The van der Waals surface area contributed by atoms with Crippen molar-refractivity contribution < 1.29 is 19.1 Å². The van der Waals surface area contributed by atoms with Gasteiger partial charge in [-0.2, -0.15) is 4.98 Å². The second-order valence-corrected chi connectivity index (χ2v) is 8.30. The van der Waals surface area contributed by atoms with Gasteiger partial charge in [-0.25, -0.2) is 9.48 Å². The number of fused-ring (bicyclic) bond motifs is 1. The number of nitrogens with one attached hydrogen (secondary N) is 1. The highest BCUT2D eigenvalue weighted by molar-refractivity contribution is 7.13. The molecule has 8 nitrogen and oxygen atoms in total. The third-order valence-electron chi connectivity index (χ3n) is 5.16. The van der Waals surface area contributed by atoms with E-state index in [1.807, 2.05) is 72.1 Å². The Balaban J connectivity index is 1.28. The first-order valence-corrected chi connectivity index (χ1v) is 11.3. The van der Waals surface area contributed by atoms with E-state index in [-0.39, 0.29) is 11.9 Å². The monoisotopic (exact) mass is 460 g/mol. The van der Waals surface area contributed by atoms with Gasteiger partial charge in [-0.15, -0.1) is 16.4 Å². The zero-order valence-electron chi connectivity index (χ0n) is 17.5. The van der Waals surface area contributed by atoms with Crippen molar-refractivity contribution >= 4 is 23.2 Å². The normalized spacial score (nSPS) is 14.7. The third-order valence-corrected chi connectivity index (χ3v) is 6.03. The van der Waals surface area contributed by atoms with Gasteiger partial charge >= 0.3 is 5.97 Å². The lowest BCUT2D eigenvalue weighted by Crippen LogP contribution is -2.35. The van der Waals surface area contributed by atoms with Gasteiger partial charge in [0.15, 0.2) is 12.4 Å². The molecule has 0 saturated heterocycles. The summed E-state index contributed by atoms with van der Waals surface area (Å²) in [5.74, 6) is 0.0247. The summed E-state index contributed by atoms with van der Waals surface area (Å²) in [6, 6.07) is 20.6. The number of amides is 1. The number of rotatable bonds is 6. The lowest BCUT2D eigenvalue weighted by atomic mass is 10.0. The Morgan fingerprint density at radius 3 is 2.73 bits per heavy atom. The number of ether oxygens (including phenoxy) is 2. The topological polar surface area (TPSA) is 95.3 Å². The van der Waals surface area contributed by atoms with E-state index in [1.165, 1.54) is 11.3 Å². The lowest BCUT2D eigenvalue weighted by molar-refractivity contribution is -0.125. The second kappa shape index (κ2) is 9.25. The SMILES string of the molecule is O=C(COC(=O)c1nc(-c2cccs2)n(-c2ccccc2)n1)NC1CCOc2ccccc21. The van der Waals surface area contributed by atoms with Crippen LogP contribution in [0.2, 0.25) is 0 Å². The first-order chi connectivity index (χ1) is 16.2. The Labute approximate surface area is 193 Å². The van der Waals surface area contributed by atoms with Crippen LogP contribution in [0.4, 0.5) is 0 Å². The number of thiophene rings is 1. The number of aromatic nitrogens is 3. The molecule has 5 rings (SSSR count). The van der Waals surface area contributed by atoms with Crippen LogP contribution in [0.5, 0.6) is 5.75 Å². The maximum absolute atomic E-state index is 12.6. The van der Waals surface area contributed by atoms with E-state index in [9.17, 15) is 9.59 Å². The highest BCUT2D eigenvalue weighted by Crippen LogP contribution is 2.31. The smallest absolute Gasteiger partial charge is 0.378 e. The van der Waals surface area contributed by atoms with Crippen molar-refractivity contribution in [3.05, 3.63) is 83.5 Å². The van der Waals surface area contributed by atoms with Crippen LogP contribution in [0.1, 0.15) is 28.6 Å². The van der Waals surface area contributed by atoms with Gasteiger partial charge in [0.1, 0.15) is 5.75 Å². The van der Waals surface area contributed by atoms with Gasteiger partial charge in [0.05, 0.1) is 23.2 Å². The largest absolute Gasteiger partial charge is 0.493 e. The number of carbonyl (C=O) groups is 2. The van der Waals surface area contributed by atoms with E-state index in [1.54, 1.807) is 4.68 Å². The minimum absolute atomic E-state index is 0.105. The molecule has 9 heteroatoms. The van der Waals surface area contributed by atoms with Gasteiger partial charge in [0, 0.05) is 12.0 Å². The molecule has 33 heavy (non-hydrogen) atoms. The van der Waals surface area contributed by atoms with Crippen LogP contribution in [0, 0.1) is 0 Å². The van der Waals surface area contributed by atoms with Gasteiger partial charge in [-0.05, 0) is 29.6 Å². The van der Waals surface area contributed by atoms with Gasteiger partial charge in [0.25, 0.3) is 11.7 Å². The lowest BCUT2D eigenvalue weighted by Gasteiger charge is -2.26. The van der Waals surface area contributed by atoms with Crippen molar-refractivity contribution in [3.63, 3.8) is 0 Å². The number of carbonyl (C=O) groups excluding carboxylic acids is 2. The standard InChI is InChI=1S/C24H20N4O4S/c29-21(25-18-12-13-31-19-10-5-4-9-17(18)19)15-32-24(30)22-26-23(20-11-6-14-33-20)28(27-22)16-7-2-1-3-8-16/h1-11,14,18H,12-13,15H2,(H,25,29). The van der Waals surface area contributed by atoms with Crippen LogP contribution in [0.25, 0.3) is 16.4 Å². The minimum atomic E-state index is -0.759. The average Bonchev–Trinajstić information content (AvgIpc) is 3.54. The summed E-state index contributed by atoms with van der Waals surface area (Å²) < 4.78 is 12.4. The van der Waals surface area contributed by atoms with Crippen molar-refractivity contribution in [1.29, 1.82) is 0 Å². The summed E-state index contributed by atoms with van der Waals surface area (Å²) in [5, 5.41) is 9.18. The number of nitrogens with zero attached hydrogens (tertiary/aromatic N) is 3. The molecular weight excluding hydrogens is 440 g/mol. The Kier molecular flexibility index (Phi) is 5.86. The van der Waals surface area contributed by atoms with Crippen LogP contribution in [-0.2, 0) is 9.53 Å². The Hall–Kier alpha value is -3.98. The molecule has 1 aliphatic heterocycles. The molecule has 0 spiro atoms. The summed E-state index contributed by atoms with van der Waals surface area (Å²) in [7, 11) is 0. The van der Waals surface area contributed by atoms with Crippen molar-refractivity contribution in [1.82, 2.24) is 20.1 Å². The van der Waals surface area contributed by atoms with Crippen LogP contribution in [-0.4, -0.2) is 39.9 Å². The molecule has 4 aromatic rings. The van der Waals surface area contributed by atoms with Crippen LogP contribution >= 0.6 is 11.3 Å². The molecule has 1 unspecified atom stereocenters. The van der Waals surface area contributed by atoms with Crippen molar-refractivity contribution in [2.24, 2.45) is 0 Å². The molecule has 166 valence electrons. The molecule has 2 aromatic heterocycles. The highest BCUT2D eigenvalue weighted by Gasteiger charge is 2.24.